The highest BCUT2D eigenvalue weighted by molar-refractivity contribution is 7.84. The Hall–Kier alpha value is -1.28. The van der Waals surface area contributed by atoms with Crippen LogP contribution in [-0.4, -0.2) is 37.2 Å². The van der Waals surface area contributed by atoms with E-state index in [4.69, 9.17) is 11.6 Å². The van der Waals surface area contributed by atoms with Crippen molar-refractivity contribution in [3.05, 3.63) is 21.6 Å². The van der Waals surface area contributed by atoms with Crippen LogP contribution in [0.5, 0.6) is 0 Å². The van der Waals surface area contributed by atoms with Gasteiger partial charge >= 0.3 is 5.69 Å². The Morgan fingerprint density at radius 1 is 1.67 bits per heavy atom. The first-order valence-corrected chi connectivity index (χ1v) is 7.24. The van der Waals surface area contributed by atoms with Crippen LogP contribution in [0.2, 0.25) is 5.28 Å². The first-order chi connectivity index (χ1) is 8.40. The molecule has 0 aliphatic heterocycles. The van der Waals surface area contributed by atoms with Crippen LogP contribution in [0.3, 0.4) is 0 Å². The van der Waals surface area contributed by atoms with Crippen LogP contribution in [0.15, 0.2) is 6.20 Å². The molecule has 0 spiro atoms. The van der Waals surface area contributed by atoms with E-state index >= 15 is 0 Å². The number of aromatic nitrogens is 2. The van der Waals surface area contributed by atoms with E-state index in [2.05, 4.69) is 15.3 Å². The average molecular weight is 293 g/mol. The molecule has 0 aliphatic carbocycles. The quantitative estimate of drug-likeness (QED) is 0.486. The number of rotatable bonds is 6. The number of halogens is 1. The lowest BCUT2D eigenvalue weighted by Crippen LogP contribution is -2.19. The van der Waals surface area contributed by atoms with E-state index in [1.165, 1.54) is 0 Å². The Morgan fingerprint density at radius 2 is 2.33 bits per heavy atom. The predicted molar refractivity (Wildman–Crippen MR) is 70.3 cm³/mol. The van der Waals surface area contributed by atoms with Crippen LogP contribution in [0, 0.1) is 10.1 Å². The molecule has 0 bridgehead atoms. The van der Waals surface area contributed by atoms with Gasteiger partial charge in [-0.05, 0) is 24.9 Å². The van der Waals surface area contributed by atoms with Gasteiger partial charge in [-0.2, -0.15) is 4.98 Å². The van der Waals surface area contributed by atoms with E-state index in [9.17, 15) is 14.3 Å². The van der Waals surface area contributed by atoms with E-state index in [1.807, 2.05) is 6.92 Å². The summed E-state index contributed by atoms with van der Waals surface area (Å²) in [5, 5.41) is 13.6. The zero-order valence-electron chi connectivity index (χ0n) is 9.92. The van der Waals surface area contributed by atoms with E-state index < -0.39 is 15.7 Å². The molecule has 0 fully saturated rings. The number of anilines is 1. The molecule has 2 atom stereocenters. The average Bonchev–Trinajstić information content (AvgIpc) is 2.26. The van der Waals surface area contributed by atoms with E-state index in [0.29, 0.717) is 12.2 Å². The lowest BCUT2D eigenvalue weighted by Gasteiger charge is -2.13. The molecule has 0 radical (unpaired) electrons. The van der Waals surface area contributed by atoms with Crippen molar-refractivity contribution in [2.45, 2.75) is 19.4 Å². The second-order valence-electron chi connectivity index (χ2n) is 3.74. The third-order valence-corrected chi connectivity index (χ3v) is 3.15. The third kappa shape index (κ3) is 4.53. The van der Waals surface area contributed by atoms with Gasteiger partial charge in [-0.1, -0.05) is 0 Å². The standard InChI is InChI=1S/C9H13ClN4O3S/c1-6(3-4-18(2)17)12-8-7(14(15)16)5-11-9(10)13-8/h5-6H,3-4H2,1-2H3,(H,11,12,13). The summed E-state index contributed by atoms with van der Waals surface area (Å²) in [5.41, 5.74) is -0.233. The molecule has 1 aromatic rings. The van der Waals surface area contributed by atoms with Crippen LogP contribution in [0.1, 0.15) is 13.3 Å². The Kier molecular flexibility index (Phi) is 5.42. The van der Waals surface area contributed by atoms with Crippen LogP contribution < -0.4 is 5.32 Å². The Morgan fingerprint density at radius 3 is 2.89 bits per heavy atom. The lowest BCUT2D eigenvalue weighted by atomic mass is 10.2. The summed E-state index contributed by atoms with van der Waals surface area (Å²) in [5.74, 6) is 0.593. The summed E-state index contributed by atoms with van der Waals surface area (Å²) < 4.78 is 11.0. The van der Waals surface area contributed by atoms with Crippen molar-refractivity contribution in [2.75, 3.05) is 17.3 Å². The van der Waals surface area contributed by atoms with E-state index in [0.717, 1.165) is 6.20 Å². The van der Waals surface area contributed by atoms with Gasteiger partial charge in [0.15, 0.2) is 0 Å². The van der Waals surface area contributed by atoms with E-state index in [-0.39, 0.29) is 22.8 Å². The molecule has 1 heterocycles. The summed E-state index contributed by atoms with van der Waals surface area (Å²) in [6.45, 7) is 1.83. The number of hydrogen-bond acceptors (Lipinski definition) is 6. The van der Waals surface area contributed by atoms with Crippen molar-refractivity contribution in [3.8, 4) is 0 Å². The third-order valence-electron chi connectivity index (χ3n) is 2.16. The maximum absolute atomic E-state index is 11.0. The Bertz CT molecular complexity index is 471. The van der Waals surface area contributed by atoms with Gasteiger partial charge in [0.1, 0.15) is 6.20 Å². The van der Waals surface area contributed by atoms with Crippen molar-refractivity contribution in [2.24, 2.45) is 0 Å². The topological polar surface area (TPSA) is 98.0 Å². The summed E-state index contributed by atoms with van der Waals surface area (Å²) in [4.78, 5) is 17.5. The number of nitrogens with one attached hydrogen (secondary N) is 1. The molecule has 2 unspecified atom stereocenters. The minimum Gasteiger partial charge on any atom is -0.362 e. The van der Waals surface area contributed by atoms with Gasteiger partial charge in [0, 0.05) is 28.9 Å². The fraction of sp³-hybridized carbons (Fsp3) is 0.556. The minimum absolute atomic E-state index is 0.0608. The molecule has 0 saturated carbocycles. The molecular formula is C9H13ClN4O3S. The molecule has 0 aliphatic rings. The highest BCUT2D eigenvalue weighted by Gasteiger charge is 2.18. The van der Waals surface area contributed by atoms with E-state index in [1.54, 1.807) is 6.26 Å². The highest BCUT2D eigenvalue weighted by Crippen LogP contribution is 2.22. The molecule has 1 aromatic heterocycles. The first-order valence-electron chi connectivity index (χ1n) is 5.13. The second-order valence-corrected chi connectivity index (χ2v) is 5.63. The van der Waals surface area contributed by atoms with Crippen molar-refractivity contribution >= 4 is 33.9 Å². The molecule has 1 N–H and O–H groups in total. The van der Waals surface area contributed by atoms with Crippen LogP contribution in [-0.2, 0) is 10.8 Å². The van der Waals surface area contributed by atoms with Gasteiger partial charge in [-0.15, -0.1) is 0 Å². The fourth-order valence-corrected chi connectivity index (χ4v) is 2.06. The SMILES string of the molecule is CC(CCS(C)=O)Nc1nc(Cl)ncc1[N+](=O)[O-]. The van der Waals surface area contributed by atoms with Gasteiger partial charge in [-0.3, -0.25) is 14.3 Å². The van der Waals surface area contributed by atoms with Crippen molar-refractivity contribution in [1.29, 1.82) is 0 Å². The van der Waals surface area contributed by atoms with Gasteiger partial charge in [0.2, 0.25) is 11.1 Å². The van der Waals surface area contributed by atoms with Gasteiger partial charge < -0.3 is 5.32 Å². The molecule has 0 amide bonds. The lowest BCUT2D eigenvalue weighted by molar-refractivity contribution is -0.384. The number of nitro groups is 1. The van der Waals surface area contributed by atoms with Crippen molar-refractivity contribution in [1.82, 2.24) is 9.97 Å². The zero-order valence-corrected chi connectivity index (χ0v) is 11.5. The minimum atomic E-state index is -0.895. The zero-order chi connectivity index (χ0) is 13.7. The molecule has 1 rings (SSSR count). The molecule has 100 valence electrons. The van der Waals surface area contributed by atoms with Crippen molar-refractivity contribution < 1.29 is 9.13 Å². The number of hydrogen-bond donors (Lipinski definition) is 1. The Labute approximate surface area is 112 Å². The van der Waals surface area contributed by atoms with Crippen LogP contribution in [0.4, 0.5) is 11.5 Å². The second kappa shape index (κ2) is 6.60. The van der Waals surface area contributed by atoms with Crippen LogP contribution >= 0.6 is 11.6 Å². The van der Waals surface area contributed by atoms with Crippen molar-refractivity contribution in [3.63, 3.8) is 0 Å². The molecule has 7 nitrogen and oxygen atoms in total. The predicted octanol–water partition coefficient (Wildman–Crippen LogP) is 1.61. The van der Waals surface area contributed by atoms with Gasteiger partial charge in [0.25, 0.3) is 0 Å². The van der Waals surface area contributed by atoms with Gasteiger partial charge in [-0.25, -0.2) is 4.98 Å². The molecule has 0 saturated heterocycles. The maximum Gasteiger partial charge on any atom is 0.329 e. The molecular weight excluding hydrogens is 280 g/mol. The Balaban J connectivity index is 2.79. The molecule has 18 heavy (non-hydrogen) atoms. The van der Waals surface area contributed by atoms with Crippen LogP contribution in [0.25, 0.3) is 0 Å². The largest absolute Gasteiger partial charge is 0.362 e. The molecule has 0 aromatic carbocycles. The summed E-state index contributed by atoms with van der Waals surface area (Å²) in [7, 11) is -0.895. The maximum atomic E-state index is 11.0. The normalized spacial score (nSPS) is 13.9. The summed E-state index contributed by atoms with van der Waals surface area (Å²) in [6.07, 6.45) is 3.28. The molecule has 9 heteroatoms. The first kappa shape index (κ1) is 14.8. The number of nitrogens with zero attached hydrogens (tertiary/aromatic N) is 3. The summed E-state index contributed by atoms with van der Waals surface area (Å²) in [6, 6.07) is -0.0985. The fourth-order valence-electron chi connectivity index (χ4n) is 1.24. The highest BCUT2D eigenvalue weighted by atomic mass is 35.5. The summed E-state index contributed by atoms with van der Waals surface area (Å²) >= 11 is 5.60. The smallest absolute Gasteiger partial charge is 0.329 e. The monoisotopic (exact) mass is 292 g/mol. The van der Waals surface area contributed by atoms with Gasteiger partial charge in [0.05, 0.1) is 4.92 Å².